The highest BCUT2D eigenvalue weighted by molar-refractivity contribution is 5.05. The zero-order chi connectivity index (χ0) is 12.2. The molecule has 3 aliphatic carbocycles. The summed E-state index contributed by atoms with van der Waals surface area (Å²) in [5.41, 5.74) is 1.73. The van der Waals surface area contributed by atoms with E-state index in [0.717, 1.165) is 17.9 Å². The van der Waals surface area contributed by atoms with Crippen molar-refractivity contribution in [1.29, 1.82) is 0 Å². The summed E-state index contributed by atoms with van der Waals surface area (Å²) in [4.78, 5) is 0. The second kappa shape index (κ2) is 6.23. The molecular weight excluding hydrogens is 218 g/mol. The minimum Gasteiger partial charge on any atom is -0.314 e. The lowest BCUT2D eigenvalue weighted by molar-refractivity contribution is 0.262. The van der Waals surface area contributed by atoms with Gasteiger partial charge < -0.3 is 5.32 Å². The lowest BCUT2D eigenvalue weighted by Gasteiger charge is -2.30. The van der Waals surface area contributed by atoms with Crippen LogP contribution in [-0.2, 0) is 0 Å². The van der Waals surface area contributed by atoms with E-state index in [1.165, 1.54) is 77.2 Å². The van der Waals surface area contributed by atoms with Crippen LogP contribution in [0.4, 0.5) is 0 Å². The fraction of sp³-hybridized carbons (Fsp3) is 0.882. The average molecular weight is 247 g/mol. The largest absolute Gasteiger partial charge is 0.314 e. The monoisotopic (exact) mass is 247 g/mol. The van der Waals surface area contributed by atoms with E-state index in [-0.39, 0.29) is 0 Å². The number of hydrogen-bond donors (Lipinski definition) is 1. The van der Waals surface area contributed by atoms with Crippen LogP contribution in [0.3, 0.4) is 0 Å². The van der Waals surface area contributed by atoms with Crippen LogP contribution in [0.1, 0.15) is 70.6 Å². The molecule has 0 saturated heterocycles. The van der Waals surface area contributed by atoms with Crippen molar-refractivity contribution in [3.63, 3.8) is 0 Å². The van der Waals surface area contributed by atoms with Crippen LogP contribution in [0.15, 0.2) is 11.6 Å². The number of nitrogens with one attached hydrogen (secondary N) is 1. The third-order valence-electron chi connectivity index (χ3n) is 5.27. The van der Waals surface area contributed by atoms with E-state index in [0.29, 0.717) is 0 Å². The van der Waals surface area contributed by atoms with Crippen LogP contribution >= 0.6 is 0 Å². The minimum atomic E-state index is 0.841. The first kappa shape index (κ1) is 12.7. The van der Waals surface area contributed by atoms with Gasteiger partial charge in [0.25, 0.3) is 0 Å². The Morgan fingerprint density at radius 3 is 2.72 bits per heavy atom. The molecule has 0 radical (unpaired) electrons. The van der Waals surface area contributed by atoms with Gasteiger partial charge in [-0.05, 0) is 76.2 Å². The highest BCUT2D eigenvalue weighted by Gasteiger charge is 2.34. The van der Waals surface area contributed by atoms with Crippen molar-refractivity contribution in [3.8, 4) is 0 Å². The molecule has 3 rings (SSSR count). The number of allylic oxidation sites excluding steroid dienone is 1. The van der Waals surface area contributed by atoms with Gasteiger partial charge in [0, 0.05) is 6.04 Å². The highest BCUT2D eigenvalue weighted by Crippen LogP contribution is 2.43. The zero-order valence-electron chi connectivity index (χ0n) is 11.8. The van der Waals surface area contributed by atoms with Gasteiger partial charge in [-0.2, -0.15) is 0 Å². The van der Waals surface area contributed by atoms with E-state index in [2.05, 4.69) is 11.4 Å². The van der Waals surface area contributed by atoms with Gasteiger partial charge in [-0.1, -0.05) is 24.5 Å². The van der Waals surface area contributed by atoms with Crippen molar-refractivity contribution in [2.45, 2.75) is 76.7 Å². The third kappa shape index (κ3) is 3.60. The summed E-state index contributed by atoms with van der Waals surface area (Å²) < 4.78 is 0. The molecule has 2 atom stereocenters. The molecule has 0 bridgehead atoms. The van der Waals surface area contributed by atoms with Crippen molar-refractivity contribution < 1.29 is 0 Å². The molecule has 0 aromatic heterocycles. The summed E-state index contributed by atoms with van der Waals surface area (Å²) in [6, 6.07) is 0.841. The predicted octanol–water partition coefficient (Wildman–Crippen LogP) is 4.44. The van der Waals surface area contributed by atoms with Gasteiger partial charge in [-0.15, -0.1) is 0 Å². The molecule has 0 spiro atoms. The topological polar surface area (TPSA) is 12.0 Å². The van der Waals surface area contributed by atoms with Gasteiger partial charge in [-0.3, -0.25) is 0 Å². The van der Waals surface area contributed by atoms with Crippen molar-refractivity contribution in [1.82, 2.24) is 5.32 Å². The maximum absolute atomic E-state index is 3.84. The van der Waals surface area contributed by atoms with E-state index >= 15 is 0 Å². The Bertz CT molecular complexity index is 290. The van der Waals surface area contributed by atoms with Crippen LogP contribution < -0.4 is 5.32 Å². The molecular formula is C17H29N. The van der Waals surface area contributed by atoms with E-state index in [4.69, 9.17) is 0 Å². The molecule has 1 nitrogen and oxygen atoms in total. The van der Waals surface area contributed by atoms with Gasteiger partial charge >= 0.3 is 0 Å². The maximum atomic E-state index is 3.84. The summed E-state index contributed by atoms with van der Waals surface area (Å²) in [6.45, 7) is 1.23. The van der Waals surface area contributed by atoms with Crippen LogP contribution in [-0.4, -0.2) is 12.6 Å². The quantitative estimate of drug-likeness (QED) is 0.708. The SMILES string of the molecule is C1=C(CCNC2CCCC(C3CC3)C2)CCCC1. The zero-order valence-corrected chi connectivity index (χ0v) is 11.8. The third-order valence-corrected chi connectivity index (χ3v) is 5.27. The molecule has 0 aromatic rings. The predicted molar refractivity (Wildman–Crippen MR) is 77.6 cm³/mol. The fourth-order valence-corrected chi connectivity index (χ4v) is 3.98. The molecule has 0 aliphatic heterocycles. The van der Waals surface area contributed by atoms with Gasteiger partial charge in [0.05, 0.1) is 0 Å². The Morgan fingerprint density at radius 2 is 1.94 bits per heavy atom. The molecule has 1 N–H and O–H groups in total. The van der Waals surface area contributed by atoms with Gasteiger partial charge in [0.15, 0.2) is 0 Å². The van der Waals surface area contributed by atoms with E-state index in [1.54, 1.807) is 5.57 Å². The van der Waals surface area contributed by atoms with Crippen molar-refractivity contribution in [2.75, 3.05) is 6.54 Å². The molecule has 2 unspecified atom stereocenters. The van der Waals surface area contributed by atoms with Crippen LogP contribution in [0.5, 0.6) is 0 Å². The molecule has 0 amide bonds. The van der Waals surface area contributed by atoms with Crippen molar-refractivity contribution >= 4 is 0 Å². The second-order valence-electron chi connectivity index (χ2n) is 6.77. The Labute approximate surface area is 112 Å². The van der Waals surface area contributed by atoms with Crippen molar-refractivity contribution in [3.05, 3.63) is 11.6 Å². The van der Waals surface area contributed by atoms with Crippen LogP contribution in [0, 0.1) is 11.8 Å². The first-order valence-electron chi connectivity index (χ1n) is 8.33. The number of rotatable bonds is 5. The Morgan fingerprint density at radius 1 is 1.00 bits per heavy atom. The Hall–Kier alpha value is -0.300. The average Bonchev–Trinajstić information content (AvgIpc) is 3.25. The lowest BCUT2D eigenvalue weighted by atomic mass is 9.82. The molecule has 2 fully saturated rings. The van der Waals surface area contributed by atoms with Gasteiger partial charge in [0.1, 0.15) is 0 Å². The molecule has 2 saturated carbocycles. The summed E-state index contributed by atoms with van der Waals surface area (Å²) in [7, 11) is 0. The summed E-state index contributed by atoms with van der Waals surface area (Å²) >= 11 is 0. The Balaban J connectivity index is 1.35. The molecule has 3 aliphatic rings. The van der Waals surface area contributed by atoms with Crippen LogP contribution in [0.2, 0.25) is 0 Å². The lowest BCUT2D eigenvalue weighted by Crippen LogP contribution is -2.35. The van der Waals surface area contributed by atoms with Crippen LogP contribution in [0.25, 0.3) is 0 Å². The molecule has 0 aromatic carbocycles. The highest BCUT2D eigenvalue weighted by atomic mass is 14.9. The Kier molecular flexibility index (Phi) is 4.40. The standard InChI is InChI=1S/C17H29N/c1-2-5-14(6-3-1)11-12-18-17-8-4-7-16(13-17)15-9-10-15/h5,15-18H,1-4,6-13H2. The molecule has 102 valence electrons. The number of hydrogen-bond acceptors (Lipinski definition) is 1. The van der Waals surface area contributed by atoms with Gasteiger partial charge in [0.2, 0.25) is 0 Å². The van der Waals surface area contributed by atoms with E-state index in [1.807, 2.05) is 0 Å². The first-order chi connectivity index (χ1) is 8.92. The molecule has 0 heterocycles. The summed E-state index contributed by atoms with van der Waals surface area (Å²) in [6.07, 6.45) is 18.3. The van der Waals surface area contributed by atoms with E-state index in [9.17, 15) is 0 Å². The van der Waals surface area contributed by atoms with Gasteiger partial charge in [-0.25, -0.2) is 0 Å². The second-order valence-corrected chi connectivity index (χ2v) is 6.77. The summed E-state index contributed by atoms with van der Waals surface area (Å²) in [5, 5.41) is 3.84. The normalized spacial score (nSPS) is 33.2. The summed E-state index contributed by atoms with van der Waals surface area (Å²) in [5.74, 6) is 2.20. The first-order valence-corrected chi connectivity index (χ1v) is 8.33. The fourth-order valence-electron chi connectivity index (χ4n) is 3.98. The van der Waals surface area contributed by atoms with E-state index < -0.39 is 0 Å². The molecule has 18 heavy (non-hydrogen) atoms. The maximum Gasteiger partial charge on any atom is 0.00699 e. The molecule has 1 heteroatoms. The van der Waals surface area contributed by atoms with Crippen molar-refractivity contribution in [2.24, 2.45) is 11.8 Å². The smallest absolute Gasteiger partial charge is 0.00699 e. The minimum absolute atomic E-state index is 0.841.